The number of aryl methyl sites for hydroxylation is 1. The number of benzene rings is 2. The SMILES string of the molecule is COc1ccc(-c2noc(-c3cn(CC(=O)Nc4ccc(C(N)=O)cc4)c4nc(C)ccc4c3=O)n2)cc1. The van der Waals surface area contributed by atoms with Crippen LogP contribution in [-0.4, -0.2) is 38.6 Å². The van der Waals surface area contributed by atoms with Crippen molar-refractivity contribution in [2.45, 2.75) is 13.5 Å². The zero-order chi connectivity index (χ0) is 26.8. The number of pyridine rings is 2. The summed E-state index contributed by atoms with van der Waals surface area (Å²) < 4.78 is 12.2. The number of fused-ring (bicyclic) bond motifs is 1. The van der Waals surface area contributed by atoms with Gasteiger partial charge in [-0.05, 0) is 67.6 Å². The molecule has 2 aromatic carbocycles. The average molecular weight is 511 g/mol. The van der Waals surface area contributed by atoms with Gasteiger partial charge in [-0.2, -0.15) is 4.98 Å². The lowest BCUT2D eigenvalue weighted by Gasteiger charge is -2.12. The van der Waals surface area contributed by atoms with Crippen molar-refractivity contribution < 1.29 is 18.8 Å². The van der Waals surface area contributed by atoms with Gasteiger partial charge in [0.2, 0.25) is 23.1 Å². The fourth-order valence-electron chi connectivity index (χ4n) is 3.90. The van der Waals surface area contributed by atoms with Crippen molar-refractivity contribution in [3.05, 3.63) is 88.3 Å². The number of hydrogen-bond donors (Lipinski definition) is 2. The van der Waals surface area contributed by atoms with E-state index in [0.717, 1.165) is 0 Å². The monoisotopic (exact) mass is 510 g/mol. The molecule has 0 bridgehead atoms. The Hall–Kier alpha value is -5.32. The first kappa shape index (κ1) is 24.4. The largest absolute Gasteiger partial charge is 0.497 e. The van der Waals surface area contributed by atoms with Crippen molar-refractivity contribution in [1.82, 2.24) is 19.7 Å². The zero-order valence-corrected chi connectivity index (χ0v) is 20.5. The summed E-state index contributed by atoms with van der Waals surface area (Å²) >= 11 is 0. The highest BCUT2D eigenvalue weighted by Gasteiger charge is 2.19. The van der Waals surface area contributed by atoms with E-state index >= 15 is 0 Å². The van der Waals surface area contributed by atoms with Gasteiger partial charge in [-0.1, -0.05) is 5.16 Å². The molecule has 0 atom stereocenters. The van der Waals surface area contributed by atoms with Gasteiger partial charge in [-0.15, -0.1) is 0 Å². The van der Waals surface area contributed by atoms with Crippen molar-refractivity contribution in [3.63, 3.8) is 0 Å². The molecular weight excluding hydrogens is 488 g/mol. The third-order valence-electron chi connectivity index (χ3n) is 5.83. The molecule has 11 nitrogen and oxygen atoms in total. The lowest BCUT2D eigenvalue weighted by molar-refractivity contribution is -0.116. The highest BCUT2D eigenvalue weighted by atomic mass is 16.5. The van der Waals surface area contributed by atoms with E-state index in [1.165, 1.54) is 18.3 Å². The number of aromatic nitrogens is 4. The summed E-state index contributed by atoms with van der Waals surface area (Å²) in [4.78, 5) is 46.4. The number of rotatable bonds is 7. The molecule has 3 aromatic heterocycles. The molecule has 3 N–H and O–H groups in total. The van der Waals surface area contributed by atoms with Gasteiger partial charge in [0, 0.05) is 28.7 Å². The Kier molecular flexibility index (Phi) is 6.40. The molecule has 0 spiro atoms. The van der Waals surface area contributed by atoms with Crippen LogP contribution in [0, 0.1) is 6.92 Å². The molecule has 0 radical (unpaired) electrons. The number of nitrogens with one attached hydrogen (secondary N) is 1. The normalized spacial score (nSPS) is 10.9. The highest BCUT2D eigenvalue weighted by Crippen LogP contribution is 2.24. The van der Waals surface area contributed by atoms with Gasteiger partial charge in [0.15, 0.2) is 0 Å². The van der Waals surface area contributed by atoms with E-state index in [-0.39, 0.29) is 29.3 Å². The number of methoxy groups -OCH3 is 1. The van der Waals surface area contributed by atoms with Crippen LogP contribution >= 0.6 is 0 Å². The maximum Gasteiger partial charge on any atom is 0.263 e. The predicted octanol–water partition coefficient (Wildman–Crippen LogP) is 3.17. The van der Waals surface area contributed by atoms with Gasteiger partial charge in [0.25, 0.3) is 5.89 Å². The van der Waals surface area contributed by atoms with Crippen LogP contribution in [0.3, 0.4) is 0 Å². The molecule has 0 fully saturated rings. The van der Waals surface area contributed by atoms with Crippen LogP contribution in [0.2, 0.25) is 0 Å². The number of anilines is 1. The van der Waals surface area contributed by atoms with Crippen molar-refractivity contribution in [2.75, 3.05) is 12.4 Å². The summed E-state index contributed by atoms with van der Waals surface area (Å²) in [5.41, 5.74) is 7.56. The molecule has 5 aromatic rings. The molecular formula is C27H22N6O5. The number of nitrogens with two attached hydrogens (primary N) is 1. The van der Waals surface area contributed by atoms with Gasteiger partial charge in [0.05, 0.1) is 12.5 Å². The number of nitrogens with zero attached hydrogens (tertiary/aromatic N) is 4. The van der Waals surface area contributed by atoms with Crippen LogP contribution in [0.5, 0.6) is 5.75 Å². The van der Waals surface area contributed by atoms with Crippen molar-refractivity contribution in [3.8, 4) is 28.6 Å². The van der Waals surface area contributed by atoms with E-state index < -0.39 is 5.91 Å². The minimum atomic E-state index is -0.562. The molecule has 38 heavy (non-hydrogen) atoms. The molecule has 0 aliphatic carbocycles. The van der Waals surface area contributed by atoms with E-state index in [0.29, 0.717) is 45.1 Å². The Morgan fingerprint density at radius 1 is 1.03 bits per heavy atom. The van der Waals surface area contributed by atoms with Crippen LogP contribution < -0.4 is 21.2 Å². The Labute approximate surface area is 215 Å². The predicted molar refractivity (Wildman–Crippen MR) is 140 cm³/mol. The molecule has 0 saturated carbocycles. The first-order valence-electron chi connectivity index (χ1n) is 11.5. The lowest BCUT2D eigenvalue weighted by Crippen LogP contribution is -2.22. The number of primary amides is 1. The Morgan fingerprint density at radius 3 is 2.45 bits per heavy atom. The smallest absolute Gasteiger partial charge is 0.263 e. The average Bonchev–Trinajstić information content (AvgIpc) is 3.40. The summed E-state index contributed by atoms with van der Waals surface area (Å²) in [5.74, 6) is 0.0559. The van der Waals surface area contributed by atoms with Crippen molar-refractivity contribution in [1.29, 1.82) is 0 Å². The van der Waals surface area contributed by atoms with Crippen LogP contribution in [0.15, 0.2) is 76.2 Å². The fraction of sp³-hybridized carbons (Fsp3) is 0.111. The van der Waals surface area contributed by atoms with Gasteiger partial charge in [-0.25, -0.2) is 4.98 Å². The van der Waals surface area contributed by atoms with E-state index in [2.05, 4.69) is 20.4 Å². The second kappa shape index (κ2) is 9.97. The second-order valence-corrected chi connectivity index (χ2v) is 8.47. The van der Waals surface area contributed by atoms with E-state index in [4.69, 9.17) is 15.0 Å². The van der Waals surface area contributed by atoms with E-state index in [1.807, 2.05) is 0 Å². The van der Waals surface area contributed by atoms with Crippen molar-refractivity contribution >= 4 is 28.5 Å². The quantitative estimate of drug-likeness (QED) is 0.338. The van der Waals surface area contributed by atoms with E-state index in [1.54, 1.807) is 67.1 Å². The summed E-state index contributed by atoms with van der Waals surface area (Å²) in [7, 11) is 1.57. The number of ether oxygens (including phenoxy) is 1. The maximum absolute atomic E-state index is 13.3. The Balaban J connectivity index is 1.49. The zero-order valence-electron chi connectivity index (χ0n) is 20.5. The molecule has 5 rings (SSSR count). The Morgan fingerprint density at radius 2 is 1.76 bits per heavy atom. The minimum Gasteiger partial charge on any atom is -0.497 e. The number of carbonyl (C=O) groups is 2. The van der Waals surface area contributed by atoms with E-state index in [9.17, 15) is 14.4 Å². The highest BCUT2D eigenvalue weighted by molar-refractivity contribution is 5.95. The second-order valence-electron chi connectivity index (χ2n) is 8.47. The number of carbonyl (C=O) groups excluding carboxylic acids is 2. The standard InChI is InChI=1S/C27H22N6O5/c1-15-3-12-20-23(35)21(27-31-25(32-38-27)17-6-10-19(37-2)11-7-17)13-33(26(20)29-15)14-22(34)30-18-8-4-16(5-9-18)24(28)36/h3-13H,14H2,1-2H3,(H2,28,36)(H,30,34). The molecule has 190 valence electrons. The summed E-state index contributed by atoms with van der Waals surface area (Å²) in [6.45, 7) is 1.64. The first-order valence-corrected chi connectivity index (χ1v) is 11.5. The van der Waals surface area contributed by atoms with Gasteiger partial charge >= 0.3 is 0 Å². The molecule has 0 aliphatic rings. The summed E-state index contributed by atoms with van der Waals surface area (Å²) in [6, 6.07) is 16.7. The fourth-order valence-corrected chi connectivity index (χ4v) is 3.90. The van der Waals surface area contributed by atoms with Crippen LogP contribution in [0.1, 0.15) is 16.1 Å². The molecule has 0 saturated heterocycles. The molecule has 0 unspecified atom stereocenters. The maximum atomic E-state index is 13.3. The third-order valence-corrected chi connectivity index (χ3v) is 5.83. The van der Waals surface area contributed by atoms with Crippen LogP contribution in [-0.2, 0) is 11.3 Å². The van der Waals surface area contributed by atoms with Gasteiger partial charge < -0.3 is 24.9 Å². The minimum absolute atomic E-state index is 0.0134. The number of hydrogen-bond acceptors (Lipinski definition) is 8. The summed E-state index contributed by atoms with van der Waals surface area (Å²) in [5, 5.41) is 7.08. The topological polar surface area (TPSA) is 155 Å². The van der Waals surface area contributed by atoms with Gasteiger partial charge in [0.1, 0.15) is 23.5 Å². The van der Waals surface area contributed by atoms with Crippen LogP contribution in [0.4, 0.5) is 5.69 Å². The lowest BCUT2D eigenvalue weighted by atomic mass is 10.1. The van der Waals surface area contributed by atoms with Gasteiger partial charge in [-0.3, -0.25) is 14.4 Å². The molecule has 11 heteroatoms. The summed E-state index contributed by atoms with van der Waals surface area (Å²) in [6.07, 6.45) is 1.48. The number of amides is 2. The first-order chi connectivity index (χ1) is 18.3. The third kappa shape index (κ3) is 4.85. The molecule has 3 heterocycles. The Bertz CT molecular complexity index is 1720. The van der Waals surface area contributed by atoms with Crippen LogP contribution in [0.25, 0.3) is 33.9 Å². The molecule has 0 aliphatic heterocycles. The van der Waals surface area contributed by atoms with Crippen molar-refractivity contribution in [2.24, 2.45) is 5.73 Å². The molecule has 2 amide bonds.